The molecule has 2 heterocycles. The number of anilines is 1. The van der Waals surface area contributed by atoms with Gasteiger partial charge in [-0.25, -0.2) is 8.42 Å². The highest BCUT2D eigenvalue weighted by Gasteiger charge is 2.35. The third-order valence-corrected chi connectivity index (χ3v) is 7.82. The standard InChI is InChI=1S/C22H20ClF3N4O2S/c1-15-2-4-16(5-3-15)19-8-9-21(28-27-19)29-10-12-30(13-11-29)33(31,32)20-14-17(22(24,25)26)6-7-18(20)23/h2-9,14H,10-13H2,1H3. The fourth-order valence-electron chi connectivity index (χ4n) is 3.55. The zero-order chi connectivity index (χ0) is 23.8. The van der Waals surface area contributed by atoms with Crippen molar-refractivity contribution in [1.82, 2.24) is 14.5 Å². The Balaban J connectivity index is 1.47. The molecule has 1 saturated heterocycles. The predicted octanol–water partition coefficient (Wildman–Crippen LogP) is 4.64. The summed E-state index contributed by atoms with van der Waals surface area (Å²) in [5.41, 5.74) is 1.74. The van der Waals surface area contributed by atoms with Crippen molar-refractivity contribution >= 4 is 27.4 Å². The van der Waals surface area contributed by atoms with Crippen LogP contribution >= 0.6 is 11.6 Å². The summed E-state index contributed by atoms with van der Waals surface area (Å²) in [6.07, 6.45) is -4.67. The van der Waals surface area contributed by atoms with Crippen molar-refractivity contribution in [2.45, 2.75) is 18.0 Å². The van der Waals surface area contributed by atoms with Crippen LogP contribution in [0.1, 0.15) is 11.1 Å². The maximum Gasteiger partial charge on any atom is 0.416 e. The molecule has 0 radical (unpaired) electrons. The van der Waals surface area contributed by atoms with Crippen LogP contribution < -0.4 is 4.90 Å². The fourth-order valence-corrected chi connectivity index (χ4v) is 5.47. The summed E-state index contributed by atoms with van der Waals surface area (Å²) >= 11 is 5.95. The lowest BCUT2D eigenvalue weighted by atomic mass is 10.1. The third-order valence-electron chi connectivity index (χ3n) is 5.44. The molecule has 4 rings (SSSR count). The molecule has 33 heavy (non-hydrogen) atoms. The van der Waals surface area contributed by atoms with E-state index in [0.29, 0.717) is 25.0 Å². The highest BCUT2D eigenvalue weighted by molar-refractivity contribution is 7.89. The Morgan fingerprint density at radius 1 is 0.909 bits per heavy atom. The minimum atomic E-state index is -4.67. The molecular formula is C22H20ClF3N4O2S. The first-order chi connectivity index (χ1) is 15.6. The molecule has 0 N–H and O–H groups in total. The minimum absolute atomic E-state index is 0.0797. The van der Waals surface area contributed by atoms with E-state index >= 15 is 0 Å². The summed E-state index contributed by atoms with van der Waals surface area (Å²) in [6.45, 7) is 2.79. The van der Waals surface area contributed by atoms with E-state index in [-0.39, 0.29) is 18.1 Å². The van der Waals surface area contributed by atoms with Crippen LogP contribution in [-0.2, 0) is 16.2 Å². The zero-order valence-electron chi connectivity index (χ0n) is 17.6. The normalized spacial score (nSPS) is 15.6. The molecule has 11 heteroatoms. The van der Waals surface area contributed by atoms with Crippen LogP contribution in [-0.4, -0.2) is 49.1 Å². The van der Waals surface area contributed by atoms with Crippen molar-refractivity contribution in [2.75, 3.05) is 31.1 Å². The molecule has 1 fully saturated rings. The fraction of sp³-hybridized carbons (Fsp3) is 0.273. The number of aryl methyl sites for hydroxylation is 1. The summed E-state index contributed by atoms with van der Waals surface area (Å²) in [7, 11) is -4.19. The molecule has 3 aromatic rings. The van der Waals surface area contributed by atoms with E-state index in [1.54, 1.807) is 0 Å². The van der Waals surface area contributed by atoms with Gasteiger partial charge in [0.15, 0.2) is 5.82 Å². The van der Waals surface area contributed by atoms with Crippen LogP contribution in [0.3, 0.4) is 0 Å². The Morgan fingerprint density at radius 2 is 1.58 bits per heavy atom. The van der Waals surface area contributed by atoms with Gasteiger partial charge in [0.05, 0.1) is 16.3 Å². The van der Waals surface area contributed by atoms with E-state index in [9.17, 15) is 21.6 Å². The first-order valence-corrected chi connectivity index (χ1v) is 11.9. The molecule has 6 nitrogen and oxygen atoms in total. The molecule has 1 aromatic heterocycles. The topological polar surface area (TPSA) is 66.4 Å². The van der Waals surface area contributed by atoms with Crippen LogP contribution in [0.25, 0.3) is 11.3 Å². The lowest BCUT2D eigenvalue weighted by Crippen LogP contribution is -2.49. The molecule has 0 aliphatic carbocycles. The second-order valence-corrected chi connectivity index (χ2v) is 9.99. The van der Waals surface area contributed by atoms with E-state index in [2.05, 4.69) is 10.2 Å². The van der Waals surface area contributed by atoms with E-state index in [1.165, 1.54) is 0 Å². The van der Waals surface area contributed by atoms with Gasteiger partial charge in [0.25, 0.3) is 0 Å². The van der Waals surface area contributed by atoms with Crippen LogP contribution in [0.15, 0.2) is 59.5 Å². The van der Waals surface area contributed by atoms with Gasteiger partial charge in [0, 0.05) is 31.7 Å². The molecule has 0 saturated carbocycles. The number of sulfonamides is 1. The van der Waals surface area contributed by atoms with E-state index in [4.69, 9.17) is 11.6 Å². The van der Waals surface area contributed by atoms with Crippen LogP contribution in [0, 0.1) is 6.92 Å². The number of piperazine rings is 1. The zero-order valence-corrected chi connectivity index (χ0v) is 19.1. The Kier molecular flexibility index (Phi) is 6.35. The Bertz CT molecular complexity index is 1240. The van der Waals surface area contributed by atoms with Crippen molar-refractivity contribution in [3.8, 4) is 11.3 Å². The van der Waals surface area contributed by atoms with Gasteiger partial charge in [0.1, 0.15) is 4.90 Å². The van der Waals surface area contributed by atoms with Gasteiger partial charge in [-0.2, -0.15) is 17.5 Å². The molecule has 0 bridgehead atoms. The Labute approximate surface area is 194 Å². The van der Waals surface area contributed by atoms with Crippen molar-refractivity contribution < 1.29 is 21.6 Å². The van der Waals surface area contributed by atoms with E-state index in [1.807, 2.05) is 48.2 Å². The summed E-state index contributed by atoms with van der Waals surface area (Å²) in [5, 5.41) is 8.28. The van der Waals surface area contributed by atoms with Crippen molar-refractivity contribution in [1.29, 1.82) is 0 Å². The maximum absolute atomic E-state index is 13.1. The number of aromatic nitrogens is 2. The number of hydrogen-bond acceptors (Lipinski definition) is 5. The molecule has 174 valence electrons. The molecule has 1 aliphatic rings. The van der Waals surface area contributed by atoms with Crippen molar-refractivity contribution in [2.24, 2.45) is 0 Å². The molecule has 1 aliphatic heterocycles. The molecular weight excluding hydrogens is 477 g/mol. The quantitative estimate of drug-likeness (QED) is 0.526. The molecule has 0 unspecified atom stereocenters. The average Bonchev–Trinajstić information content (AvgIpc) is 2.79. The number of halogens is 4. The van der Waals surface area contributed by atoms with Crippen molar-refractivity contribution in [3.05, 3.63) is 70.7 Å². The lowest BCUT2D eigenvalue weighted by Gasteiger charge is -2.34. The van der Waals surface area contributed by atoms with Gasteiger partial charge < -0.3 is 4.90 Å². The van der Waals surface area contributed by atoms with Gasteiger partial charge in [-0.15, -0.1) is 10.2 Å². The number of benzene rings is 2. The predicted molar refractivity (Wildman–Crippen MR) is 120 cm³/mol. The van der Waals surface area contributed by atoms with Gasteiger partial charge in [-0.1, -0.05) is 41.4 Å². The monoisotopic (exact) mass is 496 g/mol. The van der Waals surface area contributed by atoms with Crippen molar-refractivity contribution in [3.63, 3.8) is 0 Å². The highest BCUT2D eigenvalue weighted by Crippen LogP contribution is 2.34. The number of alkyl halides is 3. The van der Waals surface area contributed by atoms with Gasteiger partial charge in [0.2, 0.25) is 10.0 Å². The summed E-state index contributed by atoms with van der Waals surface area (Å²) in [4.78, 5) is 1.33. The summed E-state index contributed by atoms with van der Waals surface area (Å²) in [6, 6.07) is 13.9. The molecule has 0 spiro atoms. The molecule has 2 aromatic carbocycles. The van der Waals surface area contributed by atoms with Gasteiger partial charge in [-0.05, 0) is 37.3 Å². The summed E-state index contributed by atoms with van der Waals surface area (Å²) < 4.78 is 66.3. The average molecular weight is 497 g/mol. The van der Waals surface area contributed by atoms with E-state index in [0.717, 1.165) is 33.3 Å². The van der Waals surface area contributed by atoms with Gasteiger partial charge >= 0.3 is 6.18 Å². The SMILES string of the molecule is Cc1ccc(-c2ccc(N3CCN(S(=O)(=O)c4cc(C(F)(F)F)ccc4Cl)CC3)nn2)cc1. The number of hydrogen-bond donors (Lipinski definition) is 0. The van der Waals surface area contributed by atoms with E-state index < -0.39 is 26.7 Å². The minimum Gasteiger partial charge on any atom is -0.352 e. The first-order valence-electron chi connectivity index (χ1n) is 10.1. The maximum atomic E-state index is 13.1. The second kappa shape index (κ2) is 8.92. The summed E-state index contributed by atoms with van der Waals surface area (Å²) in [5.74, 6) is 0.597. The largest absolute Gasteiger partial charge is 0.416 e. The molecule has 0 amide bonds. The van der Waals surface area contributed by atoms with Crippen LogP contribution in [0.5, 0.6) is 0 Å². The number of rotatable bonds is 4. The van der Waals surface area contributed by atoms with Crippen LogP contribution in [0.2, 0.25) is 5.02 Å². The Hall–Kier alpha value is -2.69. The Morgan fingerprint density at radius 3 is 2.15 bits per heavy atom. The third kappa shape index (κ3) is 4.97. The first kappa shape index (κ1) is 23.5. The number of nitrogens with zero attached hydrogens (tertiary/aromatic N) is 4. The smallest absolute Gasteiger partial charge is 0.352 e. The van der Waals surface area contributed by atoms with Gasteiger partial charge in [-0.3, -0.25) is 0 Å². The molecule has 0 atom stereocenters. The lowest BCUT2D eigenvalue weighted by molar-refractivity contribution is -0.137. The van der Waals surface area contributed by atoms with Crippen LogP contribution in [0.4, 0.5) is 19.0 Å². The second-order valence-electron chi connectivity index (χ2n) is 7.68. The highest BCUT2D eigenvalue weighted by atomic mass is 35.5.